The van der Waals surface area contributed by atoms with E-state index in [0.29, 0.717) is 22.5 Å². The largest absolute Gasteiger partial charge is 0.393 e. The molecule has 0 aliphatic heterocycles. The van der Waals surface area contributed by atoms with Gasteiger partial charge >= 0.3 is 0 Å². The summed E-state index contributed by atoms with van der Waals surface area (Å²) in [4.78, 5) is 12.4. The maximum atomic E-state index is 12.4. The van der Waals surface area contributed by atoms with Crippen molar-refractivity contribution < 1.29 is 9.90 Å². The summed E-state index contributed by atoms with van der Waals surface area (Å²) >= 11 is 0. The molecule has 7 atom stereocenters. The SMILES string of the molecule is CC12CCC3C4CCC(=O)[C@@]4(C)CCC3[C@@]1(C)CC[C@H](O)C2. The summed E-state index contributed by atoms with van der Waals surface area (Å²) in [6.45, 7) is 7.23. The van der Waals surface area contributed by atoms with Crippen molar-refractivity contribution in [3.63, 3.8) is 0 Å². The normalized spacial score (nSPS) is 57.9. The fourth-order valence-corrected chi connectivity index (χ4v) is 7.38. The van der Waals surface area contributed by atoms with Crippen LogP contribution in [0.4, 0.5) is 0 Å². The van der Waals surface area contributed by atoms with Crippen molar-refractivity contribution in [1.82, 2.24) is 0 Å². The first kappa shape index (κ1) is 15.2. The molecule has 0 radical (unpaired) electrons. The second-order valence-electron chi connectivity index (χ2n) is 9.71. The van der Waals surface area contributed by atoms with Gasteiger partial charge in [0.2, 0.25) is 0 Å². The van der Waals surface area contributed by atoms with Crippen molar-refractivity contribution in [3.8, 4) is 0 Å². The number of hydrogen-bond donors (Lipinski definition) is 1. The van der Waals surface area contributed by atoms with Crippen LogP contribution in [0.3, 0.4) is 0 Å². The van der Waals surface area contributed by atoms with E-state index in [-0.39, 0.29) is 11.5 Å². The van der Waals surface area contributed by atoms with Crippen LogP contribution in [0.25, 0.3) is 0 Å². The summed E-state index contributed by atoms with van der Waals surface area (Å²) in [5, 5.41) is 10.2. The molecule has 0 amide bonds. The zero-order chi connectivity index (χ0) is 15.8. The Balaban J connectivity index is 1.68. The van der Waals surface area contributed by atoms with Gasteiger partial charge in [0.1, 0.15) is 5.78 Å². The molecular weight excluding hydrogens is 272 g/mol. The molecule has 0 aromatic carbocycles. The van der Waals surface area contributed by atoms with Crippen LogP contribution in [0.1, 0.15) is 78.6 Å². The highest BCUT2D eigenvalue weighted by atomic mass is 16.3. The Hall–Kier alpha value is -0.370. The van der Waals surface area contributed by atoms with Crippen LogP contribution in [0, 0.1) is 34.0 Å². The van der Waals surface area contributed by atoms with Crippen LogP contribution in [0.2, 0.25) is 0 Å². The molecule has 4 rings (SSSR count). The monoisotopic (exact) mass is 304 g/mol. The average Bonchev–Trinajstić information content (AvgIpc) is 2.76. The lowest BCUT2D eigenvalue weighted by Crippen LogP contribution is -2.58. The quantitative estimate of drug-likeness (QED) is 0.722. The van der Waals surface area contributed by atoms with E-state index in [4.69, 9.17) is 0 Å². The van der Waals surface area contributed by atoms with Gasteiger partial charge in [0, 0.05) is 11.8 Å². The van der Waals surface area contributed by atoms with E-state index in [1.807, 2.05) is 0 Å². The molecule has 4 aliphatic rings. The average molecular weight is 304 g/mol. The minimum absolute atomic E-state index is 0.000547. The lowest BCUT2D eigenvalue weighted by atomic mass is 9.40. The Morgan fingerprint density at radius 3 is 2.50 bits per heavy atom. The molecule has 124 valence electrons. The number of aliphatic hydroxyl groups is 1. The number of carbonyl (C=O) groups excluding carboxylic acids is 1. The summed E-state index contributed by atoms with van der Waals surface area (Å²) in [6.07, 6.45) is 9.95. The fraction of sp³-hybridized carbons (Fsp3) is 0.950. The van der Waals surface area contributed by atoms with Crippen molar-refractivity contribution in [3.05, 3.63) is 0 Å². The second-order valence-corrected chi connectivity index (χ2v) is 9.71. The number of hydrogen-bond acceptors (Lipinski definition) is 2. The number of fused-ring (bicyclic) bond motifs is 5. The lowest BCUT2D eigenvalue weighted by molar-refractivity contribution is -0.169. The maximum absolute atomic E-state index is 12.4. The van der Waals surface area contributed by atoms with Crippen LogP contribution in [0.15, 0.2) is 0 Å². The fourth-order valence-electron chi connectivity index (χ4n) is 7.38. The van der Waals surface area contributed by atoms with Crippen molar-refractivity contribution in [1.29, 1.82) is 0 Å². The number of ketones is 1. The number of carbonyl (C=O) groups is 1. The molecule has 0 aromatic rings. The van der Waals surface area contributed by atoms with Gasteiger partial charge in [-0.3, -0.25) is 4.79 Å². The van der Waals surface area contributed by atoms with Crippen molar-refractivity contribution in [2.75, 3.05) is 0 Å². The highest BCUT2D eigenvalue weighted by Gasteiger charge is 2.63. The summed E-state index contributed by atoms with van der Waals surface area (Å²) in [6, 6.07) is 0. The Bertz CT molecular complexity index is 500. The molecule has 0 bridgehead atoms. The van der Waals surface area contributed by atoms with Crippen molar-refractivity contribution >= 4 is 5.78 Å². The standard InChI is InChI=1S/C20H32O2/c1-18-9-7-14-15-4-5-17(22)19(15,2)10-8-16(14)20(18,3)11-6-13(21)12-18/h13-16,21H,4-12H2,1-3H3/t13-,14?,15?,16?,18?,19-,20+/m0/s1. The van der Waals surface area contributed by atoms with Gasteiger partial charge in [-0.25, -0.2) is 0 Å². The van der Waals surface area contributed by atoms with Gasteiger partial charge in [0.15, 0.2) is 0 Å². The van der Waals surface area contributed by atoms with Gasteiger partial charge in [0.05, 0.1) is 6.10 Å². The minimum atomic E-state index is -0.0865. The molecule has 0 saturated heterocycles. The Morgan fingerprint density at radius 2 is 1.73 bits per heavy atom. The van der Waals surface area contributed by atoms with Gasteiger partial charge in [-0.2, -0.15) is 0 Å². The van der Waals surface area contributed by atoms with Crippen LogP contribution in [-0.4, -0.2) is 17.0 Å². The summed E-state index contributed by atoms with van der Waals surface area (Å²) in [5.74, 6) is 2.74. The highest BCUT2D eigenvalue weighted by Crippen LogP contribution is 2.69. The molecule has 4 saturated carbocycles. The third-order valence-electron chi connectivity index (χ3n) is 9.06. The van der Waals surface area contributed by atoms with Crippen LogP contribution < -0.4 is 0 Å². The molecule has 4 fully saturated rings. The van der Waals surface area contributed by atoms with Crippen LogP contribution >= 0.6 is 0 Å². The molecule has 0 spiro atoms. The number of aliphatic hydroxyl groups excluding tert-OH is 1. The molecule has 2 nitrogen and oxygen atoms in total. The molecule has 4 unspecified atom stereocenters. The highest BCUT2D eigenvalue weighted by molar-refractivity contribution is 5.87. The predicted octanol–water partition coefficient (Wildman–Crippen LogP) is 4.35. The third kappa shape index (κ3) is 1.74. The smallest absolute Gasteiger partial charge is 0.139 e. The zero-order valence-corrected chi connectivity index (χ0v) is 14.5. The lowest BCUT2D eigenvalue weighted by Gasteiger charge is -2.64. The van der Waals surface area contributed by atoms with E-state index < -0.39 is 0 Å². The maximum Gasteiger partial charge on any atom is 0.139 e. The van der Waals surface area contributed by atoms with Gasteiger partial charge in [0.25, 0.3) is 0 Å². The second kappa shape index (κ2) is 4.59. The van der Waals surface area contributed by atoms with E-state index in [9.17, 15) is 9.90 Å². The first-order valence-electron chi connectivity index (χ1n) is 9.52. The van der Waals surface area contributed by atoms with Crippen LogP contribution in [0.5, 0.6) is 0 Å². The zero-order valence-electron chi connectivity index (χ0n) is 14.5. The summed E-state index contributed by atoms with van der Waals surface area (Å²) in [7, 11) is 0. The van der Waals surface area contributed by atoms with Gasteiger partial charge < -0.3 is 5.11 Å². The van der Waals surface area contributed by atoms with Gasteiger partial charge in [-0.15, -0.1) is 0 Å². The minimum Gasteiger partial charge on any atom is -0.393 e. The molecule has 1 N–H and O–H groups in total. The van der Waals surface area contributed by atoms with E-state index in [1.165, 1.54) is 25.7 Å². The molecular formula is C20H32O2. The third-order valence-corrected chi connectivity index (χ3v) is 9.06. The van der Waals surface area contributed by atoms with E-state index >= 15 is 0 Å². The predicted molar refractivity (Wildman–Crippen MR) is 87.4 cm³/mol. The van der Waals surface area contributed by atoms with E-state index in [1.54, 1.807) is 0 Å². The molecule has 4 aliphatic carbocycles. The van der Waals surface area contributed by atoms with E-state index in [0.717, 1.165) is 43.9 Å². The molecule has 0 heterocycles. The van der Waals surface area contributed by atoms with Gasteiger partial charge in [-0.1, -0.05) is 20.8 Å². The Labute approximate surface area is 135 Å². The summed E-state index contributed by atoms with van der Waals surface area (Å²) < 4.78 is 0. The Kier molecular flexibility index (Phi) is 3.16. The summed E-state index contributed by atoms with van der Waals surface area (Å²) in [5.41, 5.74) is 0.684. The van der Waals surface area contributed by atoms with Crippen LogP contribution in [-0.2, 0) is 4.79 Å². The van der Waals surface area contributed by atoms with E-state index in [2.05, 4.69) is 20.8 Å². The van der Waals surface area contributed by atoms with Gasteiger partial charge in [-0.05, 0) is 80.0 Å². The Morgan fingerprint density at radius 1 is 0.955 bits per heavy atom. The molecule has 2 heteroatoms. The first-order valence-corrected chi connectivity index (χ1v) is 9.52. The number of Topliss-reactive ketones (excluding diaryl/α,β-unsaturated/α-hetero) is 1. The van der Waals surface area contributed by atoms with Crippen molar-refractivity contribution in [2.24, 2.45) is 34.0 Å². The topological polar surface area (TPSA) is 37.3 Å². The number of rotatable bonds is 0. The molecule has 0 aromatic heterocycles. The molecule has 22 heavy (non-hydrogen) atoms. The van der Waals surface area contributed by atoms with Crippen molar-refractivity contribution in [2.45, 2.75) is 84.7 Å². The first-order chi connectivity index (χ1) is 10.3.